The van der Waals surface area contributed by atoms with E-state index in [2.05, 4.69) is 15.9 Å². The maximum absolute atomic E-state index is 9.90. The topological polar surface area (TPSA) is 40.5 Å². The van der Waals surface area contributed by atoms with E-state index in [1.807, 2.05) is 20.8 Å². The summed E-state index contributed by atoms with van der Waals surface area (Å²) < 4.78 is 0. The van der Waals surface area contributed by atoms with E-state index in [4.69, 9.17) is 0 Å². The van der Waals surface area contributed by atoms with Crippen LogP contribution in [0.2, 0.25) is 0 Å². The van der Waals surface area contributed by atoms with Crippen LogP contribution in [0.4, 0.5) is 0 Å². The predicted octanol–water partition coefficient (Wildman–Crippen LogP) is 2.07. The van der Waals surface area contributed by atoms with Crippen molar-refractivity contribution in [2.75, 3.05) is 0 Å². The summed E-state index contributed by atoms with van der Waals surface area (Å²) in [7, 11) is 0. The summed E-state index contributed by atoms with van der Waals surface area (Å²) in [4.78, 5) is 0.102. The highest BCUT2D eigenvalue weighted by atomic mass is 79.9. The summed E-state index contributed by atoms with van der Waals surface area (Å²) in [6, 6.07) is 0. The maximum atomic E-state index is 9.90. The zero-order chi connectivity index (χ0) is 10.3. The first-order chi connectivity index (χ1) is 5.73. The van der Waals surface area contributed by atoms with Crippen molar-refractivity contribution in [2.45, 2.75) is 56.1 Å². The molecule has 0 spiro atoms. The summed E-state index contributed by atoms with van der Waals surface area (Å²) in [5.41, 5.74) is -1.23. The van der Waals surface area contributed by atoms with E-state index >= 15 is 0 Å². The van der Waals surface area contributed by atoms with Gasteiger partial charge in [-0.2, -0.15) is 0 Å². The SMILES string of the molecule is CC1(O)CC[C@@H](C(C)(C)O)CC1Br. The number of hydrogen-bond acceptors (Lipinski definition) is 2. The third-order valence-electron chi connectivity index (χ3n) is 3.16. The summed E-state index contributed by atoms with van der Waals surface area (Å²) >= 11 is 3.48. The lowest BCUT2D eigenvalue weighted by Gasteiger charge is -2.42. The Labute approximate surface area is 88.5 Å². The van der Waals surface area contributed by atoms with Crippen molar-refractivity contribution in [3.8, 4) is 0 Å². The van der Waals surface area contributed by atoms with Crippen LogP contribution in [0.1, 0.15) is 40.0 Å². The third kappa shape index (κ3) is 2.67. The Kier molecular flexibility index (Phi) is 3.11. The molecule has 0 aromatic carbocycles. The Balaban J connectivity index is 2.61. The number of rotatable bonds is 1. The zero-order valence-electron chi connectivity index (χ0n) is 8.55. The first-order valence-corrected chi connectivity index (χ1v) is 5.74. The molecule has 0 aromatic rings. The van der Waals surface area contributed by atoms with Gasteiger partial charge in [-0.25, -0.2) is 0 Å². The van der Waals surface area contributed by atoms with Crippen molar-refractivity contribution in [3.63, 3.8) is 0 Å². The molecule has 0 saturated heterocycles. The van der Waals surface area contributed by atoms with E-state index in [0.717, 1.165) is 19.3 Å². The monoisotopic (exact) mass is 250 g/mol. The Morgan fingerprint density at radius 2 is 2.00 bits per heavy atom. The quantitative estimate of drug-likeness (QED) is 0.700. The number of aliphatic hydroxyl groups is 2. The first-order valence-electron chi connectivity index (χ1n) is 4.82. The van der Waals surface area contributed by atoms with E-state index in [-0.39, 0.29) is 10.7 Å². The molecule has 1 rings (SSSR count). The average Bonchev–Trinajstić information content (AvgIpc) is 1.92. The van der Waals surface area contributed by atoms with Crippen molar-refractivity contribution < 1.29 is 10.2 Å². The second kappa shape index (κ2) is 3.52. The molecule has 0 amide bonds. The highest BCUT2D eigenvalue weighted by molar-refractivity contribution is 9.09. The molecular formula is C10H19BrO2. The van der Waals surface area contributed by atoms with Gasteiger partial charge in [-0.15, -0.1) is 0 Å². The van der Waals surface area contributed by atoms with Crippen LogP contribution >= 0.6 is 15.9 Å². The van der Waals surface area contributed by atoms with Gasteiger partial charge >= 0.3 is 0 Å². The van der Waals surface area contributed by atoms with Crippen molar-refractivity contribution in [1.82, 2.24) is 0 Å². The Hall–Kier alpha value is 0.400. The van der Waals surface area contributed by atoms with Crippen LogP contribution in [0, 0.1) is 5.92 Å². The lowest BCUT2D eigenvalue weighted by atomic mass is 9.73. The lowest BCUT2D eigenvalue weighted by Crippen LogP contribution is -2.46. The van der Waals surface area contributed by atoms with Crippen molar-refractivity contribution in [2.24, 2.45) is 5.92 Å². The number of alkyl halides is 1. The van der Waals surface area contributed by atoms with Crippen LogP contribution in [0.25, 0.3) is 0 Å². The van der Waals surface area contributed by atoms with Crippen molar-refractivity contribution >= 4 is 15.9 Å². The van der Waals surface area contributed by atoms with Gasteiger partial charge in [0.15, 0.2) is 0 Å². The molecule has 1 aliphatic rings. The minimum Gasteiger partial charge on any atom is -0.390 e. The maximum Gasteiger partial charge on any atom is 0.0744 e. The molecule has 2 unspecified atom stereocenters. The molecule has 0 aliphatic heterocycles. The molecule has 2 nitrogen and oxygen atoms in total. The molecule has 0 aromatic heterocycles. The highest BCUT2D eigenvalue weighted by Gasteiger charge is 2.41. The van der Waals surface area contributed by atoms with Crippen molar-refractivity contribution in [3.05, 3.63) is 0 Å². The van der Waals surface area contributed by atoms with Gasteiger partial charge in [0.05, 0.1) is 11.2 Å². The smallest absolute Gasteiger partial charge is 0.0744 e. The van der Waals surface area contributed by atoms with Crippen LogP contribution in [-0.2, 0) is 0 Å². The summed E-state index contributed by atoms with van der Waals surface area (Å²) in [5, 5.41) is 19.7. The minimum absolute atomic E-state index is 0.102. The molecule has 78 valence electrons. The largest absolute Gasteiger partial charge is 0.390 e. The Morgan fingerprint density at radius 3 is 2.38 bits per heavy atom. The number of halogens is 1. The van der Waals surface area contributed by atoms with E-state index in [1.54, 1.807) is 0 Å². The molecule has 13 heavy (non-hydrogen) atoms. The van der Waals surface area contributed by atoms with Crippen LogP contribution in [0.3, 0.4) is 0 Å². The fraction of sp³-hybridized carbons (Fsp3) is 1.00. The van der Waals surface area contributed by atoms with Gasteiger partial charge < -0.3 is 10.2 Å². The van der Waals surface area contributed by atoms with E-state index in [0.29, 0.717) is 0 Å². The number of hydrogen-bond donors (Lipinski definition) is 2. The van der Waals surface area contributed by atoms with Crippen LogP contribution in [0.5, 0.6) is 0 Å². The van der Waals surface area contributed by atoms with Crippen molar-refractivity contribution in [1.29, 1.82) is 0 Å². The molecular weight excluding hydrogens is 232 g/mol. The summed E-state index contributed by atoms with van der Waals surface area (Å²) in [6.45, 7) is 5.54. The molecule has 3 atom stereocenters. The highest BCUT2D eigenvalue weighted by Crippen LogP contribution is 2.40. The molecule has 0 bridgehead atoms. The fourth-order valence-corrected chi connectivity index (χ4v) is 2.57. The van der Waals surface area contributed by atoms with Gasteiger partial charge in [0.25, 0.3) is 0 Å². The fourth-order valence-electron chi connectivity index (χ4n) is 1.89. The Bertz CT molecular complexity index is 184. The second-order valence-electron chi connectivity index (χ2n) is 4.95. The second-order valence-corrected chi connectivity index (χ2v) is 6.05. The van der Waals surface area contributed by atoms with E-state index in [1.165, 1.54) is 0 Å². The van der Waals surface area contributed by atoms with Gasteiger partial charge in [0, 0.05) is 4.83 Å². The minimum atomic E-state index is -0.622. The molecule has 0 radical (unpaired) electrons. The van der Waals surface area contributed by atoms with Gasteiger partial charge in [-0.3, -0.25) is 0 Å². The normalized spacial score (nSPS) is 42.0. The van der Waals surface area contributed by atoms with E-state index in [9.17, 15) is 10.2 Å². The van der Waals surface area contributed by atoms with Crippen LogP contribution < -0.4 is 0 Å². The molecule has 2 N–H and O–H groups in total. The van der Waals surface area contributed by atoms with Gasteiger partial charge in [-0.05, 0) is 46.0 Å². The zero-order valence-corrected chi connectivity index (χ0v) is 10.1. The summed E-state index contributed by atoms with van der Waals surface area (Å²) in [6.07, 6.45) is 2.51. The van der Waals surface area contributed by atoms with Gasteiger partial charge in [0.1, 0.15) is 0 Å². The average molecular weight is 251 g/mol. The van der Waals surface area contributed by atoms with Gasteiger partial charge in [-0.1, -0.05) is 15.9 Å². The third-order valence-corrected chi connectivity index (χ3v) is 4.52. The Morgan fingerprint density at radius 1 is 1.46 bits per heavy atom. The predicted molar refractivity (Wildman–Crippen MR) is 57.0 cm³/mol. The van der Waals surface area contributed by atoms with Crippen LogP contribution in [-0.4, -0.2) is 26.2 Å². The molecule has 1 saturated carbocycles. The molecule has 3 heteroatoms. The first kappa shape index (κ1) is 11.5. The molecule has 1 aliphatic carbocycles. The van der Waals surface area contributed by atoms with E-state index < -0.39 is 11.2 Å². The standard InChI is InChI=1S/C10H19BrO2/c1-9(2,12)7-4-5-10(3,13)8(11)6-7/h7-8,12-13H,4-6H2,1-3H3/t7-,8?,10?/m1/s1. The van der Waals surface area contributed by atoms with Crippen LogP contribution in [0.15, 0.2) is 0 Å². The van der Waals surface area contributed by atoms with Gasteiger partial charge in [0.2, 0.25) is 0 Å². The molecule has 1 fully saturated rings. The lowest BCUT2D eigenvalue weighted by molar-refractivity contribution is -0.0454. The summed E-state index contributed by atoms with van der Waals surface area (Å²) in [5.74, 6) is 0.289. The molecule has 0 heterocycles.